The van der Waals surface area contributed by atoms with Gasteiger partial charge in [-0.3, -0.25) is 14.7 Å². The van der Waals surface area contributed by atoms with Crippen LogP contribution in [0.4, 0.5) is 11.1 Å². The van der Waals surface area contributed by atoms with Gasteiger partial charge in [0.2, 0.25) is 11.1 Å². The van der Waals surface area contributed by atoms with Crippen LogP contribution in [-0.4, -0.2) is 64.5 Å². The van der Waals surface area contributed by atoms with Crippen molar-refractivity contribution in [1.29, 1.82) is 0 Å². The van der Waals surface area contributed by atoms with E-state index in [1.807, 2.05) is 19.0 Å². The number of aryl methyl sites for hydroxylation is 1. The van der Waals surface area contributed by atoms with E-state index < -0.39 is 0 Å². The first-order chi connectivity index (χ1) is 12.0. The summed E-state index contributed by atoms with van der Waals surface area (Å²) in [6, 6.07) is 1.99. The van der Waals surface area contributed by atoms with E-state index in [0.29, 0.717) is 18.5 Å². The third-order valence-electron chi connectivity index (χ3n) is 4.45. The molecule has 0 radical (unpaired) electrons. The number of likely N-dealkylation sites (N-methyl/N-ethyl adjacent to an activating group) is 1. The van der Waals surface area contributed by atoms with Gasteiger partial charge in [-0.25, -0.2) is 9.97 Å². The highest BCUT2D eigenvalue weighted by Crippen LogP contribution is 2.25. The lowest BCUT2D eigenvalue weighted by molar-refractivity contribution is 0.247. The average Bonchev–Trinajstić information content (AvgIpc) is 3.23. The van der Waals surface area contributed by atoms with E-state index >= 15 is 0 Å². The fourth-order valence-electron chi connectivity index (χ4n) is 2.96. The Labute approximate surface area is 151 Å². The van der Waals surface area contributed by atoms with Crippen molar-refractivity contribution in [2.24, 2.45) is 0 Å². The SMILES string of the molecule is CCc1nsc(N2CCC(N(C)Cc3cc(=O)[nH]c(N(C)C)n3)C2)n1. The first-order valence-corrected chi connectivity index (χ1v) is 9.29. The second-order valence-corrected chi connectivity index (χ2v) is 7.34. The number of hydrogen-bond donors (Lipinski definition) is 1. The van der Waals surface area contributed by atoms with Crippen molar-refractivity contribution in [3.63, 3.8) is 0 Å². The van der Waals surface area contributed by atoms with E-state index in [4.69, 9.17) is 0 Å². The van der Waals surface area contributed by atoms with Crippen molar-refractivity contribution in [3.05, 3.63) is 27.9 Å². The zero-order chi connectivity index (χ0) is 18.0. The molecule has 0 amide bonds. The van der Waals surface area contributed by atoms with E-state index in [0.717, 1.165) is 42.6 Å². The summed E-state index contributed by atoms with van der Waals surface area (Å²) in [7, 11) is 5.82. The van der Waals surface area contributed by atoms with Gasteiger partial charge in [0, 0.05) is 63.8 Å². The van der Waals surface area contributed by atoms with Gasteiger partial charge in [-0.1, -0.05) is 6.92 Å². The summed E-state index contributed by atoms with van der Waals surface area (Å²) in [5.74, 6) is 1.51. The minimum absolute atomic E-state index is 0.115. The lowest BCUT2D eigenvalue weighted by Gasteiger charge is -2.24. The minimum atomic E-state index is -0.115. The fourth-order valence-corrected chi connectivity index (χ4v) is 3.75. The Morgan fingerprint density at radius 3 is 2.84 bits per heavy atom. The molecule has 0 aliphatic carbocycles. The fraction of sp³-hybridized carbons (Fsp3) is 0.625. The van der Waals surface area contributed by atoms with Crippen LogP contribution in [0.25, 0.3) is 0 Å². The highest BCUT2D eigenvalue weighted by molar-refractivity contribution is 7.09. The van der Waals surface area contributed by atoms with Gasteiger partial charge in [0.25, 0.3) is 5.56 Å². The number of rotatable bonds is 6. The largest absolute Gasteiger partial charge is 0.348 e. The molecule has 1 aliphatic heterocycles. The molecule has 1 fully saturated rings. The first-order valence-electron chi connectivity index (χ1n) is 8.51. The van der Waals surface area contributed by atoms with Crippen LogP contribution in [0.3, 0.4) is 0 Å². The Morgan fingerprint density at radius 2 is 2.16 bits per heavy atom. The maximum atomic E-state index is 11.8. The molecule has 0 spiro atoms. The van der Waals surface area contributed by atoms with Crippen LogP contribution >= 0.6 is 11.5 Å². The van der Waals surface area contributed by atoms with Crippen molar-refractivity contribution in [3.8, 4) is 0 Å². The van der Waals surface area contributed by atoms with Gasteiger partial charge in [0.1, 0.15) is 5.82 Å². The van der Waals surface area contributed by atoms with E-state index in [2.05, 4.69) is 43.1 Å². The molecular weight excluding hydrogens is 338 g/mol. The average molecular weight is 363 g/mol. The van der Waals surface area contributed by atoms with E-state index in [9.17, 15) is 4.79 Å². The Hall–Kier alpha value is -2.00. The van der Waals surface area contributed by atoms with Crippen LogP contribution in [0.2, 0.25) is 0 Å². The number of aromatic nitrogens is 4. The summed E-state index contributed by atoms with van der Waals surface area (Å²) >= 11 is 1.48. The van der Waals surface area contributed by atoms with E-state index in [1.54, 1.807) is 6.07 Å². The number of anilines is 2. The smallest absolute Gasteiger partial charge is 0.252 e. The molecule has 3 heterocycles. The normalized spacial score (nSPS) is 17.5. The third kappa shape index (κ3) is 4.16. The molecule has 0 bridgehead atoms. The molecule has 1 N–H and O–H groups in total. The molecule has 3 rings (SSSR count). The number of hydrogen-bond acceptors (Lipinski definition) is 8. The van der Waals surface area contributed by atoms with Crippen LogP contribution in [0.1, 0.15) is 24.9 Å². The topological polar surface area (TPSA) is 81.3 Å². The monoisotopic (exact) mass is 363 g/mol. The summed E-state index contributed by atoms with van der Waals surface area (Å²) < 4.78 is 4.38. The number of H-pyrrole nitrogens is 1. The quantitative estimate of drug-likeness (QED) is 0.819. The third-order valence-corrected chi connectivity index (χ3v) is 5.26. The number of aromatic amines is 1. The summed E-state index contributed by atoms with van der Waals surface area (Å²) in [5, 5.41) is 1.01. The van der Waals surface area contributed by atoms with Crippen LogP contribution in [0, 0.1) is 0 Å². The number of nitrogens with zero attached hydrogens (tertiary/aromatic N) is 6. The maximum Gasteiger partial charge on any atom is 0.252 e. The first kappa shape index (κ1) is 17.8. The standard InChI is InChI=1S/C16H25N7OS/c1-5-13-18-16(25-20-13)23-7-6-12(10-23)22(4)9-11-8-14(24)19-15(17-11)21(2)3/h8,12H,5-7,9-10H2,1-4H3,(H,17,19,24). The van der Waals surface area contributed by atoms with Crippen LogP contribution in [0.15, 0.2) is 10.9 Å². The molecule has 0 saturated carbocycles. The van der Waals surface area contributed by atoms with Crippen molar-refractivity contribution < 1.29 is 0 Å². The van der Waals surface area contributed by atoms with Gasteiger partial charge in [0.15, 0.2) is 0 Å². The van der Waals surface area contributed by atoms with Crippen molar-refractivity contribution >= 4 is 22.6 Å². The van der Waals surface area contributed by atoms with Crippen LogP contribution in [-0.2, 0) is 13.0 Å². The molecule has 1 unspecified atom stereocenters. The highest BCUT2D eigenvalue weighted by atomic mass is 32.1. The lowest BCUT2D eigenvalue weighted by atomic mass is 10.2. The molecule has 1 atom stereocenters. The van der Waals surface area contributed by atoms with Crippen LogP contribution < -0.4 is 15.4 Å². The predicted molar refractivity (Wildman–Crippen MR) is 101 cm³/mol. The van der Waals surface area contributed by atoms with Crippen molar-refractivity contribution in [2.75, 3.05) is 44.0 Å². The zero-order valence-corrected chi connectivity index (χ0v) is 16.0. The molecule has 9 heteroatoms. The van der Waals surface area contributed by atoms with E-state index in [-0.39, 0.29) is 5.56 Å². The number of nitrogens with one attached hydrogen (secondary N) is 1. The second kappa shape index (κ2) is 7.49. The zero-order valence-electron chi connectivity index (χ0n) is 15.2. The van der Waals surface area contributed by atoms with Crippen molar-refractivity contribution in [1.82, 2.24) is 24.2 Å². The molecule has 2 aromatic heterocycles. The van der Waals surface area contributed by atoms with Gasteiger partial charge in [-0.05, 0) is 13.5 Å². The summed E-state index contributed by atoms with van der Waals surface area (Å²) in [6.07, 6.45) is 1.94. The molecule has 25 heavy (non-hydrogen) atoms. The Kier molecular flexibility index (Phi) is 5.33. The summed E-state index contributed by atoms with van der Waals surface area (Å²) in [4.78, 5) is 30.1. The minimum Gasteiger partial charge on any atom is -0.348 e. The van der Waals surface area contributed by atoms with Gasteiger partial charge >= 0.3 is 0 Å². The highest BCUT2D eigenvalue weighted by Gasteiger charge is 2.28. The van der Waals surface area contributed by atoms with Crippen LogP contribution in [0.5, 0.6) is 0 Å². The van der Waals surface area contributed by atoms with E-state index in [1.165, 1.54) is 11.5 Å². The molecule has 136 valence electrons. The lowest BCUT2D eigenvalue weighted by Crippen LogP contribution is -2.35. The molecule has 2 aromatic rings. The molecule has 1 saturated heterocycles. The second-order valence-electron chi connectivity index (χ2n) is 6.61. The summed E-state index contributed by atoms with van der Waals surface area (Å²) in [5.41, 5.74) is 0.675. The predicted octanol–water partition coefficient (Wildman–Crippen LogP) is 0.960. The Balaban J connectivity index is 1.64. The molecule has 1 aliphatic rings. The van der Waals surface area contributed by atoms with Gasteiger partial charge < -0.3 is 9.80 Å². The molecule has 8 nitrogen and oxygen atoms in total. The molecular formula is C16H25N7OS. The Morgan fingerprint density at radius 1 is 1.36 bits per heavy atom. The van der Waals surface area contributed by atoms with Crippen molar-refractivity contribution in [2.45, 2.75) is 32.4 Å². The Bertz CT molecular complexity index is 772. The van der Waals surface area contributed by atoms with Gasteiger partial charge in [-0.15, -0.1) is 0 Å². The van der Waals surface area contributed by atoms with Gasteiger partial charge in [0.05, 0.1) is 5.69 Å². The summed E-state index contributed by atoms with van der Waals surface area (Å²) in [6.45, 7) is 4.64. The molecule has 0 aromatic carbocycles. The maximum absolute atomic E-state index is 11.8. The van der Waals surface area contributed by atoms with Gasteiger partial charge in [-0.2, -0.15) is 4.37 Å².